The molecule has 22 heavy (non-hydrogen) atoms. The molecule has 1 aliphatic carbocycles. The molecule has 0 aliphatic heterocycles. The van der Waals surface area contributed by atoms with Crippen molar-refractivity contribution >= 4 is 22.8 Å². The van der Waals surface area contributed by atoms with Gasteiger partial charge in [0.05, 0.1) is 5.69 Å². The standard InChI is InChI=1S/C20H17NO/c1-13-7-9-16-17-10-8-15(12-14-5-3-2-4-6-14)20(22)19(17)21-18(16)11-13/h2-7,9,11-12,21H,8,10H2,1H3. The van der Waals surface area contributed by atoms with Crippen molar-refractivity contribution in [2.45, 2.75) is 19.8 Å². The molecule has 0 atom stereocenters. The zero-order valence-corrected chi connectivity index (χ0v) is 12.5. The number of aryl methyl sites for hydroxylation is 2. The lowest BCUT2D eigenvalue weighted by Crippen LogP contribution is -2.13. The van der Waals surface area contributed by atoms with Crippen molar-refractivity contribution in [3.8, 4) is 0 Å². The van der Waals surface area contributed by atoms with Crippen molar-refractivity contribution in [1.29, 1.82) is 0 Å². The van der Waals surface area contributed by atoms with E-state index in [2.05, 4.69) is 30.1 Å². The molecular formula is C20H17NO. The van der Waals surface area contributed by atoms with Crippen LogP contribution in [0.1, 0.15) is 33.6 Å². The minimum atomic E-state index is 0.138. The van der Waals surface area contributed by atoms with Crippen LogP contribution in [0.25, 0.3) is 17.0 Å². The first-order valence-corrected chi connectivity index (χ1v) is 7.64. The summed E-state index contributed by atoms with van der Waals surface area (Å²) >= 11 is 0. The number of ketones is 1. The van der Waals surface area contributed by atoms with Gasteiger partial charge in [0, 0.05) is 16.5 Å². The average molecular weight is 287 g/mol. The Bertz CT molecular complexity index is 900. The SMILES string of the molecule is Cc1ccc2c3c([nH]c2c1)C(=O)C(=Cc1ccccc1)CC3. The Morgan fingerprint density at radius 1 is 1.05 bits per heavy atom. The summed E-state index contributed by atoms with van der Waals surface area (Å²) in [6.45, 7) is 2.07. The number of carbonyl (C=O) groups is 1. The highest BCUT2D eigenvalue weighted by atomic mass is 16.1. The van der Waals surface area contributed by atoms with Gasteiger partial charge in [0.25, 0.3) is 0 Å². The molecule has 3 aromatic rings. The zero-order chi connectivity index (χ0) is 15.1. The molecule has 1 N–H and O–H groups in total. The summed E-state index contributed by atoms with van der Waals surface area (Å²) in [5, 5.41) is 1.19. The molecule has 0 spiro atoms. The number of benzene rings is 2. The second kappa shape index (κ2) is 4.99. The third-order valence-electron chi connectivity index (χ3n) is 4.37. The lowest BCUT2D eigenvalue weighted by Gasteiger charge is -2.14. The number of rotatable bonds is 1. The average Bonchev–Trinajstić information content (AvgIpc) is 2.89. The quantitative estimate of drug-likeness (QED) is 0.647. The van der Waals surface area contributed by atoms with E-state index in [9.17, 15) is 4.79 Å². The van der Waals surface area contributed by atoms with Gasteiger partial charge in [-0.2, -0.15) is 0 Å². The van der Waals surface area contributed by atoms with Crippen LogP contribution < -0.4 is 0 Å². The van der Waals surface area contributed by atoms with Gasteiger partial charge in [-0.1, -0.05) is 42.5 Å². The van der Waals surface area contributed by atoms with Gasteiger partial charge in [-0.05, 0) is 48.6 Å². The third-order valence-corrected chi connectivity index (χ3v) is 4.37. The van der Waals surface area contributed by atoms with Gasteiger partial charge in [-0.25, -0.2) is 0 Å². The molecule has 0 amide bonds. The molecule has 0 fully saturated rings. The van der Waals surface area contributed by atoms with Crippen LogP contribution in [0.4, 0.5) is 0 Å². The van der Waals surface area contributed by atoms with Gasteiger partial charge < -0.3 is 4.98 Å². The summed E-state index contributed by atoms with van der Waals surface area (Å²) in [5.41, 5.74) is 6.19. The molecule has 1 aromatic heterocycles. The normalized spacial score (nSPS) is 16.2. The summed E-state index contributed by atoms with van der Waals surface area (Å²) < 4.78 is 0. The molecule has 0 bridgehead atoms. The highest BCUT2D eigenvalue weighted by molar-refractivity contribution is 6.15. The first-order chi connectivity index (χ1) is 10.7. The number of aromatic amines is 1. The Morgan fingerprint density at radius 2 is 1.86 bits per heavy atom. The van der Waals surface area contributed by atoms with Crippen molar-refractivity contribution in [3.63, 3.8) is 0 Å². The smallest absolute Gasteiger partial charge is 0.205 e. The van der Waals surface area contributed by atoms with Crippen molar-refractivity contribution < 1.29 is 4.79 Å². The first kappa shape index (κ1) is 13.1. The number of allylic oxidation sites excluding steroid dienone is 1. The largest absolute Gasteiger partial charge is 0.352 e. The summed E-state index contributed by atoms with van der Waals surface area (Å²) in [6.07, 6.45) is 3.74. The predicted molar refractivity (Wildman–Crippen MR) is 90.1 cm³/mol. The fraction of sp³-hybridized carbons (Fsp3) is 0.150. The monoisotopic (exact) mass is 287 g/mol. The highest BCUT2D eigenvalue weighted by Crippen LogP contribution is 2.32. The third kappa shape index (κ3) is 2.08. The minimum absolute atomic E-state index is 0.138. The summed E-state index contributed by atoms with van der Waals surface area (Å²) in [6, 6.07) is 16.4. The van der Waals surface area contributed by atoms with Gasteiger partial charge in [0.1, 0.15) is 0 Å². The van der Waals surface area contributed by atoms with Crippen molar-refractivity contribution in [2.75, 3.05) is 0 Å². The fourth-order valence-corrected chi connectivity index (χ4v) is 3.24. The summed E-state index contributed by atoms with van der Waals surface area (Å²) in [4.78, 5) is 16.1. The van der Waals surface area contributed by atoms with E-state index in [1.807, 2.05) is 36.4 Å². The molecule has 108 valence electrons. The van der Waals surface area contributed by atoms with Gasteiger partial charge in [0.2, 0.25) is 5.78 Å². The van der Waals surface area contributed by atoms with E-state index in [0.717, 1.165) is 35.2 Å². The van der Waals surface area contributed by atoms with Crippen molar-refractivity contribution in [2.24, 2.45) is 0 Å². The molecule has 0 saturated heterocycles. The van der Waals surface area contributed by atoms with E-state index >= 15 is 0 Å². The Morgan fingerprint density at radius 3 is 2.68 bits per heavy atom. The van der Waals surface area contributed by atoms with Gasteiger partial charge in [0.15, 0.2) is 0 Å². The molecule has 4 rings (SSSR count). The number of Topliss-reactive ketones (excluding diaryl/α,β-unsaturated/α-hetero) is 1. The van der Waals surface area contributed by atoms with Gasteiger partial charge >= 0.3 is 0 Å². The predicted octanol–water partition coefficient (Wildman–Crippen LogP) is 4.69. The molecule has 0 radical (unpaired) electrons. The van der Waals surface area contributed by atoms with Crippen molar-refractivity contribution in [3.05, 3.63) is 76.5 Å². The molecule has 0 saturated carbocycles. The number of hydrogen-bond acceptors (Lipinski definition) is 1. The van der Waals surface area contributed by atoms with Crippen LogP contribution in [-0.2, 0) is 6.42 Å². The van der Waals surface area contributed by atoms with Gasteiger partial charge in [-0.15, -0.1) is 0 Å². The first-order valence-electron chi connectivity index (χ1n) is 7.64. The van der Waals surface area contributed by atoms with E-state index in [1.54, 1.807) is 0 Å². The summed E-state index contributed by atoms with van der Waals surface area (Å²) in [5.74, 6) is 0.138. The van der Waals surface area contributed by atoms with Crippen LogP contribution in [0.15, 0.2) is 54.1 Å². The van der Waals surface area contributed by atoms with E-state index in [1.165, 1.54) is 16.5 Å². The molecule has 1 aliphatic rings. The van der Waals surface area contributed by atoms with E-state index < -0.39 is 0 Å². The zero-order valence-electron chi connectivity index (χ0n) is 12.5. The van der Waals surface area contributed by atoms with E-state index in [4.69, 9.17) is 0 Å². The number of fused-ring (bicyclic) bond motifs is 3. The molecule has 2 heteroatoms. The maximum atomic E-state index is 12.8. The molecule has 2 nitrogen and oxygen atoms in total. The van der Waals surface area contributed by atoms with Crippen molar-refractivity contribution in [1.82, 2.24) is 4.98 Å². The van der Waals surface area contributed by atoms with Crippen LogP contribution in [0.3, 0.4) is 0 Å². The number of nitrogens with one attached hydrogen (secondary N) is 1. The maximum absolute atomic E-state index is 12.8. The van der Waals surface area contributed by atoms with Crippen LogP contribution in [-0.4, -0.2) is 10.8 Å². The van der Waals surface area contributed by atoms with E-state index in [0.29, 0.717) is 0 Å². The highest BCUT2D eigenvalue weighted by Gasteiger charge is 2.25. The number of carbonyl (C=O) groups excluding carboxylic acids is 1. The Kier molecular flexibility index (Phi) is 2.97. The second-order valence-corrected chi connectivity index (χ2v) is 5.94. The van der Waals surface area contributed by atoms with Crippen LogP contribution >= 0.6 is 0 Å². The van der Waals surface area contributed by atoms with Crippen LogP contribution in [0, 0.1) is 6.92 Å². The number of aromatic nitrogens is 1. The van der Waals surface area contributed by atoms with Crippen LogP contribution in [0.2, 0.25) is 0 Å². The van der Waals surface area contributed by atoms with E-state index in [-0.39, 0.29) is 5.78 Å². The van der Waals surface area contributed by atoms with Gasteiger partial charge in [-0.3, -0.25) is 4.79 Å². The molecule has 1 heterocycles. The molecule has 0 unspecified atom stereocenters. The lowest BCUT2D eigenvalue weighted by atomic mass is 9.89. The number of H-pyrrole nitrogens is 1. The minimum Gasteiger partial charge on any atom is -0.352 e. The fourth-order valence-electron chi connectivity index (χ4n) is 3.24. The Labute approximate surface area is 129 Å². The summed E-state index contributed by atoms with van der Waals surface area (Å²) in [7, 11) is 0. The maximum Gasteiger partial charge on any atom is 0.205 e. The molecule has 2 aromatic carbocycles. The Hall–Kier alpha value is -2.61. The second-order valence-electron chi connectivity index (χ2n) is 5.94. The molecular weight excluding hydrogens is 270 g/mol. The lowest BCUT2D eigenvalue weighted by molar-refractivity contribution is 0.102. The van der Waals surface area contributed by atoms with Crippen LogP contribution in [0.5, 0.6) is 0 Å². The Balaban J connectivity index is 1.80. The topological polar surface area (TPSA) is 32.9 Å². The number of hydrogen-bond donors (Lipinski definition) is 1.